The van der Waals surface area contributed by atoms with Crippen LogP contribution in [0.25, 0.3) is 6.08 Å². The summed E-state index contributed by atoms with van der Waals surface area (Å²) in [6.07, 6.45) is 3.21. The molecule has 86 valence electrons. The Balaban J connectivity index is 2.71. The average molecular weight is 241 g/mol. The van der Waals surface area contributed by atoms with Gasteiger partial charge in [0, 0.05) is 6.42 Å². The third-order valence-corrected chi connectivity index (χ3v) is 3.98. The maximum atomic E-state index is 11.3. The maximum absolute atomic E-state index is 11.3. The molecule has 1 atom stereocenters. The molecule has 0 saturated heterocycles. The van der Waals surface area contributed by atoms with Gasteiger partial charge in [0.25, 0.3) is 10.1 Å². The highest BCUT2D eigenvalue weighted by atomic mass is 32.2. The molecule has 16 heavy (non-hydrogen) atoms. The minimum atomic E-state index is -4.41. The predicted molar refractivity (Wildman–Crippen MR) is 59.2 cm³/mol. The highest BCUT2D eigenvalue weighted by Gasteiger charge is 2.42. The van der Waals surface area contributed by atoms with Gasteiger partial charge in [0.2, 0.25) is 0 Å². The summed E-state index contributed by atoms with van der Waals surface area (Å²) in [5.41, 5.74) is 6.51. The van der Waals surface area contributed by atoms with Crippen molar-refractivity contribution in [1.29, 1.82) is 0 Å². The number of fused-ring (bicyclic) bond motifs is 1. The van der Waals surface area contributed by atoms with Crippen LogP contribution in [0.3, 0.4) is 0 Å². The first-order valence-electron chi connectivity index (χ1n) is 4.60. The van der Waals surface area contributed by atoms with Crippen LogP contribution in [0, 0.1) is 0 Å². The molecule has 1 aliphatic carbocycles. The summed E-state index contributed by atoms with van der Waals surface area (Å²) in [4.78, 5) is -1.83. The molecule has 0 aromatic heterocycles. The number of aromatic hydroxyl groups is 1. The predicted octanol–water partition coefficient (Wildman–Crippen LogP) is 0.808. The van der Waals surface area contributed by atoms with Crippen LogP contribution in [-0.4, -0.2) is 18.1 Å². The van der Waals surface area contributed by atoms with E-state index in [1.54, 1.807) is 12.2 Å². The van der Waals surface area contributed by atoms with E-state index in [1.165, 1.54) is 18.2 Å². The molecule has 6 heteroatoms. The van der Waals surface area contributed by atoms with Crippen LogP contribution in [0.4, 0.5) is 0 Å². The van der Waals surface area contributed by atoms with Gasteiger partial charge < -0.3 is 10.8 Å². The van der Waals surface area contributed by atoms with Crippen molar-refractivity contribution in [1.82, 2.24) is 0 Å². The highest BCUT2D eigenvalue weighted by molar-refractivity contribution is 7.86. The van der Waals surface area contributed by atoms with Gasteiger partial charge in [-0.3, -0.25) is 4.55 Å². The number of rotatable bonds is 1. The van der Waals surface area contributed by atoms with Crippen LogP contribution in [0.15, 0.2) is 24.3 Å². The number of phenolic OH excluding ortho intramolecular Hbond substituents is 1. The van der Waals surface area contributed by atoms with Crippen LogP contribution in [0.1, 0.15) is 17.5 Å². The van der Waals surface area contributed by atoms with Crippen LogP contribution in [-0.2, 0) is 15.0 Å². The fourth-order valence-corrected chi connectivity index (χ4v) is 2.56. The zero-order valence-corrected chi connectivity index (χ0v) is 9.11. The molecule has 1 aromatic carbocycles. The molecular weight excluding hydrogens is 230 g/mol. The van der Waals surface area contributed by atoms with Gasteiger partial charge in [0.05, 0.1) is 0 Å². The molecule has 0 saturated carbocycles. The summed E-state index contributed by atoms with van der Waals surface area (Å²) >= 11 is 0. The number of benzene rings is 1. The molecule has 4 N–H and O–H groups in total. The third kappa shape index (κ3) is 1.51. The van der Waals surface area contributed by atoms with Crippen molar-refractivity contribution < 1.29 is 18.1 Å². The van der Waals surface area contributed by atoms with Crippen molar-refractivity contribution in [2.75, 3.05) is 0 Å². The minimum absolute atomic E-state index is 0.00358. The van der Waals surface area contributed by atoms with E-state index in [-0.39, 0.29) is 17.7 Å². The number of phenols is 1. The zero-order valence-electron chi connectivity index (χ0n) is 8.29. The van der Waals surface area contributed by atoms with Gasteiger partial charge in [0.15, 0.2) is 4.87 Å². The molecule has 1 unspecified atom stereocenters. The first-order chi connectivity index (χ1) is 7.34. The van der Waals surface area contributed by atoms with Crippen molar-refractivity contribution in [3.63, 3.8) is 0 Å². The monoisotopic (exact) mass is 241 g/mol. The molecule has 0 radical (unpaired) electrons. The Labute approximate surface area is 93.0 Å². The second-order valence-electron chi connectivity index (χ2n) is 3.74. The molecule has 0 spiro atoms. The highest BCUT2D eigenvalue weighted by Crippen LogP contribution is 2.36. The number of hydrogen-bond donors (Lipinski definition) is 3. The Hall–Kier alpha value is -1.37. The number of nitrogens with two attached hydrogens (primary N) is 1. The van der Waals surface area contributed by atoms with E-state index in [4.69, 9.17) is 10.3 Å². The molecule has 5 nitrogen and oxygen atoms in total. The first kappa shape index (κ1) is 11.1. The van der Waals surface area contributed by atoms with Crippen LogP contribution >= 0.6 is 0 Å². The third-order valence-electron chi connectivity index (χ3n) is 2.67. The van der Waals surface area contributed by atoms with Crippen molar-refractivity contribution >= 4 is 16.2 Å². The molecule has 0 heterocycles. The van der Waals surface area contributed by atoms with Gasteiger partial charge in [-0.15, -0.1) is 0 Å². The lowest BCUT2D eigenvalue weighted by atomic mass is 9.92. The van der Waals surface area contributed by atoms with Gasteiger partial charge in [-0.05, 0) is 23.3 Å². The normalized spacial score (nSPS) is 24.1. The molecule has 0 fully saturated rings. The van der Waals surface area contributed by atoms with Crippen LogP contribution < -0.4 is 5.73 Å². The summed E-state index contributed by atoms with van der Waals surface area (Å²) in [5, 5.41) is 9.27. The van der Waals surface area contributed by atoms with Gasteiger partial charge in [-0.2, -0.15) is 8.42 Å². The van der Waals surface area contributed by atoms with Gasteiger partial charge in [-0.25, -0.2) is 0 Å². The van der Waals surface area contributed by atoms with Crippen LogP contribution in [0.5, 0.6) is 5.75 Å². The van der Waals surface area contributed by atoms with E-state index >= 15 is 0 Å². The van der Waals surface area contributed by atoms with E-state index in [9.17, 15) is 13.5 Å². The zero-order chi connectivity index (χ0) is 12.0. The first-order valence-corrected chi connectivity index (χ1v) is 6.04. The number of hydrogen-bond acceptors (Lipinski definition) is 4. The molecular formula is C10H11NO4S. The van der Waals surface area contributed by atoms with Crippen molar-refractivity contribution in [2.45, 2.75) is 11.3 Å². The van der Waals surface area contributed by atoms with E-state index in [0.29, 0.717) is 5.56 Å². The second-order valence-corrected chi connectivity index (χ2v) is 5.42. The Kier molecular flexibility index (Phi) is 2.30. The molecule has 1 aromatic rings. The standard InChI is InChI=1S/C10H11NO4S/c11-10(16(13,14)15)5-1-2-7-6-8(12)3-4-9(7)10/h1-4,6,12H,5,11H2,(H,13,14,15). The van der Waals surface area contributed by atoms with E-state index in [1.807, 2.05) is 0 Å². The smallest absolute Gasteiger partial charge is 0.288 e. The molecule has 0 aliphatic heterocycles. The van der Waals surface area contributed by atoms with Crippen LogP contribution in [0.2, 0.25) is 0 Å². The average Bonchev–Trinajstić information content (AvgIpc) is 2.15. The summed E-state index contributed by atoms with van der Waals surface area (Å²) in [5.74, 6) is 0.0167. The lowest BCUT2D eigenvalue weighted by molar-refractivity contribution is 0.426. The topological polar surface area (TPSA) is 101 Å². The van der Waals surface area contributed by atoms with Gasteiger partial charge in [-0.1, -0.05) is 18.2 Å². The summed E-state index contributed by atoms with van der Waals surface area (Å²) in [7, 11) is -4.41. The Morgan fingerprint density at radius 3 is 2.69 bits per heavy atom. The fourth-order valence-electron chi connectivity index (χ4n) is 1.79. The Bertz CT molecular complexity index is 564. The summed E-state index contributed by atoms with van der Waals surface area (Å²) in [6, 6.07) is 4.14. The summed E-state index contributed by atoms with van der Waals surface area (Å²) in [6.45, 7) is 0. The molecule has 1 aliphatic rings. The lowest BCUT2D eigenvalue weighted by Crippen LogP contribution is -2.45. The van der Waals surface area contributed by atoms with E-state index in [2.05, 4.69) is 0 Å². The van der Waals surface area contributed by atoms with Crippen molar-refractivity contribution in [2.24, 2.45) is 5.73 Å². The van der Waals surface area contributed by atoms with Crippen molar-refractivity contribution in [3.05, 3.63) is 35.4 Å². The Morgan fingerprint density at radius 2 is 2.06 bits per heavy atom. The second kappa shape index (κ2) is 3.31. The SMILES string of the molecule is NC1(S(=O)(=O)O)CC=Cc2cc(O)ccc21. The fraction of sp³-hybridized carbons (Fsp3) is 0.200. The lowest BCUT2D eigenvalue weighted by Gasteiger charge is -2.29. The quantitative estimate of drug-likeness (QED) is 0.631. The maximum Gasteiger partial charge on any atom is 0.288 e. The minimum Gasteiger partial charge on any atom is -0.508 e. The van der Waals surface area contributed by atoms with E-state index in [0.717, 1.165) is 0 Å². The molecule has 0 amide bonds. The largest absolute Gasteiger partial charge is 0.508 e. The van der Waals surface area contributed by atoms with E-state index < -0.39 is 15.0 Å². The molecule has 2 rings (SSSR count). The van der Waals surface area contributed by atoms with Gasteiger partial charge >= 0.3 is 0 Å². The Morgan fingerprint density at radius 1 is 1.38 bits per heavy atom. The summed E-state index contributed by atoms with van der Waals surface area (Å²) < 4.78 is 31.7. The van der Waals surface area contributed by atoms with Gasteiger partial charge in [0.1, 0.15) is 5.75 Å². The van der Waals surface area contributed by atoms with Crippen molar-refractivity contribution in [3.8, 4) is 5.75 Å². The molecule has 0 bridgehead atoms.